The highest BCUT2D eigenvalue weighted by molar-refractivity contribution is 5.78. The Kier molecular flexibility index (Phi) is 4.74. The van der Waals surface area contributed by atoms with E-state index in [1.807, 2.05) is 0 Å². The maximum absolute atomic E-state index is 11.1. The fraction of sp³-hybridized carbons (Fsp3) is 0.917. The van der Waals surface area contributed by atoms with Gasteiger partial charge in [0.2, 0.25) is 0 Å². The zero-order valence-corrected chi connectivity index (χ0v) is 10.6. The lowest BCUT2D eigenvalue weighted by atomic mass is 9.85. The van der Waals surface area contributed by atoms with Gasteiger partial charge in [0.1, 0.15) is 5.54 Å². The maximum atomic E-state index is 11.1. The summed E-state index contributed by atoms with van der Waals surface area (Å²) in [5.74, 6) is 0.0720. The molecule has 0 radical (unpaired) electrons. The van der Waals surface area contributed by atoms with E-state index in [1.165, 1.54) is 19.3 Å². The zero-order chi connectivity index (χ0) is 12.2. The molecule has 1 fully saturated rings. The first kappa shape index (κ1) is 13.5. The van der Waals surface area contributed by atoms with Gasteiger partial charge < -0.3 is 15.3 Å². The van der Waals surface area contributed by atoms with Crippen molar-refractivity contribution < 1.29 is 9.90 Å². The molecule has 1 saturated carbocycles. The normalized spacial score (nSPS) is 20.5. The van der Waals surface area contributed by atoms with Gasteiger partial charge in [-0.1, -0.05) is 6.42 Å². The minimum atomic E-state index is -0.798. The maximum Gasteiger partial charge on any atom is 0.323 e. The molecule has 4 heteroatoms. The average Bonchev–Trinajstić information content (AvgIpc) is 2.19. The Labute approximate surface area is 98.0 Å². The number of hydrogen-bond donors (Lipinski definition) is 2. The first-order valence-electron chi connectivity index (χ1n) is 6.09. The zero-order valence-electron chi connectivity index (χ0n) is 10.6. The van der Waals surface area contributed by atoms with E-state index >= 15 is 0 Å². The molecule has 0 amide bonds. The molecule has 2 N–H and O–H groups in total. The third-order valence-electron chi connectivity index (χ3n) is 3.81. The van der Waals surface area contributed by atoms with Crippen molar-refractivity contribution in [3.05, 3.63) is 0 Å². The van der Waals surface area contributed by atoms with Crippen molar-refractivity contribution in [1.29, 1.82) is 0 Å². The second-order valence-electron chi connectivity index (χ2n) is 5.20. The van der Waals surface area contributed by atoms with Gasteiger partial charge in [-0.05, 0) is 46.2 Å². The molecule has 1 rings (SSSR count). The van der Waals surface area contributed by atoms with Crippen LogP contribution in [0.5, 0.6) is 0 Å². The second kappa shape index (κ2) is 5.64. The number of carbonyl (C=O) groups is 1. The molecule has 0 aromatic heterocycles. The highest BCUT2D eigenvalue weighted by atomic mass is 16.4. The van der Waals surface area contributed by atoms with E-state index in [1.54, 1.807) is 14.0 Å². The quantitative estimate of drug-likeness (QED) is 0.687. The molecule has 0 heterocycles. The molecular weight excluding hydrogens is 204 g/mol. The topological polar surface area (TPSA) is 52.6 Å². The van der Waals surface area contributed by atoms with Crippen molar-refractivity contribution in [2.45, 2.75) is 38.1 Å². The average molecular weight is 228 g/mol. The van der Waals surface area contributed by atoms with Gasteiger partial charge in [-0.2, -0.15) is 0 Å². The predicted octanol–water partition coefficient (Wildman–Crippen LogP) is 1.17. The van der Waals surface area contributed by atoms with Gasteiger partial charge in [-0.3, -0.25) is 4.79 Å². The highest BCUT2D eigenvalue weighted by Gasteiger charge is 2.31. The Balaban J connectivity index is 2.28. The lowest BCUT2D eigenvalue weighted by Gasteiger charge is -2.32. The number of nitrogens with one attached hydrogen (secondary N) is 1. The van der Waals surface area contributed by atoms with Crippen molar-refractivity contribution in [2.24, 2.45) is 5.92 Å². The Hall–Kier alpha value is -0.610. The van der Waals surface area contributed by atoms with Crippen LogP contribution in [0.3, 0.4) is 0 Å². The van der Waals surface area contributed by atoms with Crippen LogP contribution in [0.2, 0.25) is 0 Å². The fourth-order valence-corrected chi connectivity index (χ4v) is 1.96. The molecule has 1 atom stereocenters. The van der Waals surface area contributed by atoms with Crippen molar-refractivity contribution in [3.63, 3.8) is 0 Å². The molecule has 0 aromatic carbocycles. The Morgan fingerprint density at radius 2 is 2.19 bits per heavy atom. The summed E-state index contributed by atoms with van der Waals surface area (Å²) in [7, 11) is 3.79. The SMILES string of the molecule is CNC(C)(CCN(C)CC1CCC1)C(=O)O. The summed E-state index contributed by atoms with van der Waals surface area (Å²) in [5, 5.41) is 12.0. The molecule has 1 unspecified atom stereocenters. The van der Waals surface area contributed by atoms with E-state index in [9.17, 15) is 4.79 Å². The van der Waals surface area contributed by atoms with Gasteiger partial charge in [0.25, 0.3) is 0 Å². The lowest BCUT2D eigenvalue weighted by Crippen LogP contribution is -2.49. The van der Waals surface area contributed by atoms with Crippen LogP contribution in [-0.2, 0) is 4.79 Å². The molecule has 16 heavy (non-hydrogen) atoms. The molecule has 0 aromatic rings. The summed E-state index contributed by atoms with van der Waals surface area (Å²) in [6, 6.07) is 0. The second-order valence-corrected chi connectivity index (χ2v) is 5.20. The van der Waals surface area contributed by atoms with Gasteiger partial charge in [-0.25, -0.2) is 0 Å². The minimum absolute atomic E-state index is 0.641. The number of aliphatic carboxylic acids is 1. The summed E-state index contributed by atoms with van der Waals surface area (Å²) in [5.41, 5.74) is -0.798. The van der Waals surface area contributed by atoms with E-state index in [2.05, 4.69) is 17.3 Å². The van der Waals surface area contributed by atoms with Crippen LogP contribution in [0.1, 0.15) is 32.6 Å². The van der Waals surface area contributed by atoms with Crippen LogP contribution < -0.4 is 5.32 Å². The van der Waals surface area contributed by atoms with Gasteiger partial charge >= 0.3 is 5.97 Å². The highest BCUT2D eigenvalue weighted by Crippen LogP contribution is 2.26. The molecule has 0 bridgehead atoms. The first-order valence-corrected chi connectivity index (χ1v) is 6.09. The standard InChI is InChI=1S/C12H24N2O2/c1-12(13-2,11(15)16)7-8-14(3)9-10-5-4-6-10/h10,13H,4-9H2,1-3H3,(H,15,16). The monoisotopic (exact) mass is 228 g/mol. The Morgan fingerprint density at radius 3 is 2.56 bits per heavy atom. The largest absolute Gasteiger partial charge is 0.480 e. The van der Waals surface area contributed by atoms with E-state index in [-0.39, 0.29) is 0 Å². The summed E-state index contributed by atoms with van der Waals surface area (Å²) in [6.07, 6.45) is 4.68. The minimum Gasteiger partial charge on any atom is -0.480 e. The van der Waals surface area contributed by atoms with Crippen LogP contribution in [0.4, 0.5) is 0 Å². The smallest absolute Gasteiger partial charge is 0.323 e. The number of nitrogens with zero attached hydrogens (tertiary/aromatic N) is 1. The summed E-state index contributed by atoms with van der Waals surface area (Å²) >= 11 is 0. The number of carboxylic acids is 1. The van der Waals surface area contributed by atoms with Crippen molar-refractivity contribution >= 4 is 5.97 Å². The third kappa shape index (κ3) is 3.46. The number of hydrogen-bond acceptors (Lipinski definition) is 3. The molecule has 1 aliphatic rings. The van der Waals surface area contributed by atoms with Crippen LogP contribution >= 0.6 is 0 Å². The molecular formula is C12H24N2O2. The number of rotatable bonds is 7. The van der Waals surface area contributed by atoms with E-state index in [4.69, 9.17) is 5.11 Å². The van der Waals surface area contributed by atoms with Crippen LogP contribution in [0, 0.1) is 5.92 Å². The summed E-state index contributed by atoms with van der Waals surface area (Å²) < 4.78 is 0. The van der Waals surface area contributed by atoms with E-state index in [0.29, 0.717) is 6.42 Å². The molecule has 0 saturated heterocycles. The van der Waals surface area contributed by atoms with Crippen molar-refractivity contribution in [1.82, 2.24) is 10.2 Å². The van der Waals surface area contributed by atoms with Crippen LogP contribution in [-0.4, -0.2) is 48.7 Å². The van der Waals surface area contributed by atoms with E-state index in [0.717, 1.165) is 19.0 Å². The summed E-state index contributed by atoms with van der Waals surface area (Å²) in [4.78, 5) is 13.3. The first-order chi connectivity index (χ1) is 7.48. The molecule has 0 spiro atoms. The summed E-state index contributed by atoms with van der Waals surface area (Å²) in [6.45, 7) is 3.69. The van der Waals surface area contributed by atoms with Crippen molar-refractivity contribution in [3.8, 4) is 0 Å². The van der Waals surface area contributed by atoms with Gasteiger partial charge in [0, 0.05) is 13.1 Å². The number of likely N-dealkylation sites (N-methyl/N-ethyl adjacent to an activating group) is 1. The van der Waals surface area contributed by atoms with Gasteiger partial charge in [-0.15, -0.1) is 0 Å². The number of carboxylic acid groups (broad SMARTS) is 1. The lowest BCUT2D eigenvalue weighted by molar-refractivity contribution is -0.144. The molecule has 1 aliphatic carbocycles. The van der Waals surface area contributed by atoms with Crippen LogP contribution in [0.15, 0.2) is 0 Å². The Bertz CT molecular complexity index is 241. The van der Waals surface area contributed by atoms with Crippen molar-refractivity contribution in [2.75, 3.05) is 27.2 Å². The molecule has 0 aliphatic heterocycles. The molecule has 94 valence electrons. The van der Waals surface area contributed by atoms with Gasteiger partial charge in [0.05, 0.1) is 0 Å². The van der Waals surface area contributed by atoms with E-state index < -0.39 is 11.5 Å². The third-order valence-corrected chi connectivity index (χ3v) is 3.81. The predicted molar refractivity (Wildman–Crippen MR) is 64.6 cm³/mol. The van der Waals surface area contributed by atoms with Gasteiger partial charge in [0.15, 0.2) is 0 Å². The van der Waals surface area contributed by atoms with Crippen LogP contribution in [0.25, 0.3) is 0 Å². The Morgan fingerprint density at radius 1 is 1.56 bits per heavy atom. The molecule has 4 nitrogen and oxygen atoms in total. The fourth-order valence-electron chi connectivity index (χ4n) is 1.96.